The number of nitrogens with one attached hydrogen (secondary N) is 3. The normalized spacial score (nSPS) is 19.9. The second-order valence-electron chi connectivity index (χ2n) is 11.7. The number of likely N-dealkylation sites (N-methyl/N-ethyl adjacent to an activating group) is 1. The lowest BCUT2D eigenvalue weighted by Crippen LogP contribution is -2.50. The number of benzene rings is 2. The number of amides is 5. The quantitative estimate of drug-likeness (QED) is 0.356. The van der Waals surface area contributed by atoms with E-state index in [0.717, 1.165) is 25.7 Å². The molecule has 0 aromatic heterocycles. The third-order valence-corrected chi connectivity index (χ3v) is 8.26. The van der Waals surface area contributed by atoms with E-state index in [9.17, 15) is 19.5 Å². The lowest BCUT2D eigenvalue weighted by atomic mass is 9.96. The maximum absolute atomic E-state index is 13.5. The van der Waals surface area contributed by atoms with Gasteiger partial charge in [0.05, 0.1) is 32.7 Å². The Bertz CT molecular complexity index is 1250. The number of fused-ring (bicyclic) bond motifs is 1. The molecular weight excluding hydrogens is 550 g/mol. The number of anilines is 2. The van der Waals surface area contributed by atoms with Crippen LogP contribution in [0.25, 0.3) is 0 Å². The van der Waals surface area contributed by atoms with Crippen LogP contribution in [0.2, 0.25) is 0 Å². The molecule has 0 radical (unpaired) electrons. The standard InChI is InChI=1S/C32H45N5O6/c1-21-18-37(22(2)20-38)30(39)17-23-16-26(34-31(40)33-25-10-13-27(42-4)14-11-25)12-15-28(23)43-29(21)19-36(3)32(41)35-24-8-6-5-7-9-24/h10-16,21-22,24,29,38H,5-9,17-20H2,1-4H3,(H,35,41)(H2,33,34,40)/t21-,22+,29-/m0/s1. The molecule has 5 amide bonds. The zero-order valence-corrected chi connectivity index (χ0v) is 25.6. The lowest BCUT2D eigenvalue weighted by Gasteiger charge is -2.34. The van der Waals surface area contributed by atoms with Crippen LogP contribution in [0.3, 0.4) is 0 Å². The molecule has 1 aliphatic carbocycles. The molecular formula is C32H45N5O6. The molecule has 2 aromatic carbocycles. The maximum atomic E-state index is 13.5. The molecule has 0 bridgehead atoms. The molecule has 0 unspecified atom stereocenters. The van der Waals surface area contributed by atoms with Crippen molar-refractivity contribution in [2.24, 2.45) is 5.92 Å². The minimum Gasteiger partial charge on any atom is -0.497 e. The molecule has 234 valence electrons. The molecule has 2 aromatic rings. The number of aliphatic hydroxyl groups excluding tert-OH is 1. The van der Waals surface area contributed by atoms with E-state index in [1.54, 1.807) is 66.4 Å². The van der Waals surface area contributed by atoms with Crippen molar-refractivity contribution in [1.82, 2.24) is 15.1 Å². The van der Waals surface area contributed by atoms with Crippen molar-refractivity contribution in [3.8, 4) is 11.5 Å². The fraction of sp³-hybridized carbons (Fsp3) is 0.531. The summed E-state index contributed by atoms with van der Waals surface area (Å²) in [6.07, 6.45) is 5.06. The highest BCUT2D eigenvalue weighted by Crippen LogP contribution is 2.29. The molecule has 1 fully saturated rings. The molecule has 3 atom stereocenters. The molecule has 43 heavy (non-hydrogen) atoms. The van der Waals surface area contributed by atoms with Crippen LogP contribution in [-0.2, 0) is 11.2 Å². The van der Waals surface area contributed by atoms with E-state index in [2.05, 4.69) is 16.0 Å². The Morgan fingerprint density at radius 3 is 2.44 bits per heavy atom. The summed E-state index contributed by atoms with van der Waals surface area (Å²) in [5.41, 5.74) is 1.70. The summed E-state index contributed by atoms with van der Waals surface area (Å²) in [7, 11) is 3.33. The number of carbonyl (C=O) groups excluding carboxylic acids is 3. The van der Waals surface area contributed by atoms with Crippen molar-refractivity contribution < 1.29 is 29.0 Å². The number of methoxy groups -OCH3 is 1. The highest BCUT2D eigenvalue weighted by Gasteiger charge is 2.32. The van der Waals surface area contributed by atoms with Crippen molar-refractivity contribution >= 4 is 29.3 Å². The molecule has 4 rings (SSSR count). The van der Waals surface area contributed by atoms with Crippen molar-refractivity contribution in [1.29, 1.82) is 0 Å². The molecule has 1 aliphatic heterocycles. The molecule has 11 heteroatoms. The SMILES string of the molecule is COc1ccc(NC(=O)Nc2ccc3c(c2)CC(=O)N([C@H](C)CO)C[C@H](C)[C@H](CN(C)C(=O)NC2CCCCC2)O3)cc1. The Kier molecular flexibility index (Phi) is 11.1. The van der Waals surface area contributed by atoms with Gasteiger partial charge in [-0.1, -0.05) is 26.2 Å². The number of hydrogen-bond acceptors (Lipinski definition) is 6. The van der Waals surface area contributed by atoms with E-state index >= 15 is 0 Å². The molecule has 0 spiro atoms. The number of hydrogen-bond donors (Lipinski definition) is 4. The smallest absolute Gasteiger partial charge is 0.323 e. The van der Waals surface area contributed by atoms with Gasteiger partial charge in [0, 0.05) is 42.5 Å². The van der Waals surface area contributed by atoms with Crippen LogP contribution in [0.1, 0.15) is 51.5 Å². The summed E-state index contributed by atoms with van der Waals surface area (Å²) in [6.45, 7) is 4.32. The van der Waals surface area contributed by atoms with Crippen LogP contribution < -0.4 is 25.4 Å². The van der Waals surface area contributed by atoms with Crippen LogP contribution in [0.5, 0.6) is 11.5 Å². The van der Waals surface area contributed by atoms with Crippen molar-refractivity contribution in [2.45, 2.75) is 70.6 Å². The lowest BCUT2D eigenvalue weighted by molar-refractivity contribution is -0.134. The number of urea groups is 2. The molecule has 1 heterocycles. The highest BCUT2D eigenvalue weighted by molar-refractivity contribution is 6.00. The highest BCUT2D eigenvalue weighted by atomic mass is 16.5. The number of carbonyl (C=O) groups is 3. The molecule has 2 aliphatic rings. The minimum absolute atomic E-state index is 0.0345. The monoisotopic (exact) mass is 595 g/mol. The van der Waals surface area contributed by atoms with Crippen molar-refractivity contribution in [3.05, 3.63) is 48.0 Å². The number of rotatable bonds is 8. The van der Waals surface area contributed by atoms with Crippen molar-refractivity contribution in [3.63, 3.8) is 0 Å². The van der Waals surface area contributed by atoms with E-state index in [-0.39, 0.29) is 43.0 Å². The summed E-state index contributed by atoms with van der Waals surface area (Å²) < 4.78 is 11.7. The Balaban J connectivity index is 1.52. The van der Waals surface area contributed by atoms with Crippen LogP contribution in [-0.4, -0.2) is 84.9 Å². The first-order valence-electron chi connectivity index (χ1n) is 15.1. The molecule has 0 saturated heterocycles. The predicted molar refractivity (Wildman–Crippen MR) is 166 cm³/mol. The van der Waals surface area contributed by atoms with Gasteiger partial charge in [-0.25, -0.2) is 9.59 Å². The largest absolute Gasteiger partial charge is 0.497 e. The molecule has 4 N–H and O–H groups in total. The van der Waals surface area contributed by atoms with E-state index in [4.69, 9.17) is 9.47 Å². The third kappa shape index (κ3) is 8.76. The van der Waals surface area contributed by atoms with Gasteiger partial charge in [-0.05, 0) is 62.2 Å². The Hall–Kier alpha value is -3.99. The van der Waals surface area contributed by atoms with Gasteiger partial charge in [-0.3, -0.25) is 4.79 Å². The second-order valence-corrected chi connectivity index (χ2v) is 11.7. The Labute approximate surface area is 253 Å². The van der Waals surface area contributed by atoms with Gasteiger partial charge in [0.15, 0.2) is 0 Å². The van der Waals surface area contributed by atoms with Crippen LogP contribution in [0.15, 0.2) is 42.5 Å². The number of ether oxygens (including phenoxy) is 2. The topological polar surface area (TPSA) is 132 Å². The second kappa shape index (κ2) is 15.0. The van der Waals surface area contributed by atoms with E-state index in [0.29, 0.717) is 41.5 Å². The third-order valence-electron chi connectivity index (χ3n) is 8.26. The summed E-state index contributed by atoms with van der Waals surface area (Å²) in [4.78, 5) is 42.6. The van der Waals surface area contributed by atoms with Gasteiger partial charge in [-0.2, -0.15) is 0 Å². The Morgan fingerprint density at radius 1 is 1.09 bits per heavy atom. The van der Waals surface area contributed by atoms with Crippen LogP contribution in [0, 0.1) is 5.92 Å². The minimum atomic E-state index is -0.437. The van der Waals surface area contributed by atoms with E-state index in [1.807, 2.05) is 13.8 Å². The van der Waals surface area contributed by atoms with E-state index < -0.39 is 12.1 Å². The summed E-state index contributed by atoms with van der Waals surface area (Å²) in [6, 6.07) is 11.4. The average Bonchev–Trinajstić information content (AvgIpc) is 3.04. The number of aliphatic hydroxyl groups is 1. The van der Waals surface area contributed by atoms with Crippen molar-refractivity contribution in [2.75, 3.05) is 44.5 Å². The van der Waals surface area contributed by atoms with E-state index in [1.165, 1.54) is 6.42 Å². The predicted octanol–water partition coefficient (Wildman–Crippen LogP) is 4.46. The summed E-state index contributed by atoms with van der Waals surface area (Å²) >= 11 is 0. The fourth-order valence-corrected chi connectivity index (χ4v) is 5.58. The van der Waals surface area contributed by atoms with Gasteiger partial charge >= 0.3 is 12.1 Å². The number of nitrogens with zero attached hydrogens (tertiary/aromatic N) is 2. The maximum Gasteiger partial charge on any atom is 0.323 e. The Morgan fingerprint density at radius 2 is 1.77 bits per heavy atom. The first-order chi connectivity index (χ1) is 20.7. The first kappa shape index (κ1) is 31.9. The van der Waals surface area contributed by atoms with Gasteiger partial charge in [0.1, 0.15) is 17.6 Å². The summed E-state index contributed by atoms with van der Waals surface area (Å²) in [5.74, 6) is 0.913. The van der Waals surface area contributed by atoms with Gasteiger partial charge in [-0.15, -0.1) is 0 Å². The summed E-state index contributed by atoms with van der Waals surface area (Å²) in [5, 5.41) is 18.7. The van der Waals surface area contributed by atoms with Crippen LogP contribution in [0.4, 0.5) is 21.0 Å². The van der Waals surface area contributed by atoms with Crippen LogP contribution >= 0.6 is 0 Å². The fourth-order valence-electron chi connectivity index (χ4n) is 5.58. The zero-order valence-electron chi connectivity index (χ0n) is 25.6. The van der Waals surface area contributed by atoms with Gasteiger partial charge in [0.2, 0.25) is 5.91 Å². The molecule has 1 saturated carbocycles. The first-order valence-corrected chi connectivity index (χ1v) is 15.1. The van der Waals surface area contributed by atoms with Gasteiger partial charge < -0.3 is 40.3 Å². The average molecular weight is 596 g/mol. The zero-order chi connectivity index (χ0) is 30.9. The van der Waals surface area contributed by atoms with Gasteiger partial charge in [0.25, 0.3) is 0 Å². The molecule has 11 nitrogen and oxygen atoms in total.